The lowest BCUT2D eigenvalue weighted by Crippen LogP contribution is -2.49. The molecule has 1 N–H and O–H groups in total. The van der Waals surface area contributed by atoms with E-state index in [1.165, 1.54) is 6.07 Å². The van der Waals surface area contributed by atoms with Crippen LogP contribution in [0.4, 0.5) is 8.78 Å². The summed E-state index contributed by atoms with van der Waals surface area (Å²) in [4.78, 5) is 12.0. The van der Waals surface area contributed by atoms with Gasteiger partial charge in [-0.2, -0.15) is 5.26 Å². The van der Waals surface area contributed by atoms with Gasteiger partial charge in [-0.25, -0.2) is 8.78 Å². The van der Waals surface area contributed by atoms with Crippen LogP contribution in [0.15, 0.2) is 23.1 Å². The van der Waals surface area contributed by atoms with E-state index in [1.807, 2.05) is 13.8 Å². The summed E-state index contributed by atoms with van der Waals surface area (Å²) in [7, 11) is 0. The van der Waals surface area contributed by atoms with E-state index in [4.69, 9.17) is 5.26 Å². The molecule has 1 aromatic rings. The molecule has 0 spiro atoms. The summed E-state index contributed by atoms with van der Waals surface area (Å²) >= 11 is 0.964. The number of amides is 1. The van der Waals surface area contributed by atoms with Gasteiger partial charge in [0.1, 0.15) is 17.2 Å². The van der Waals surface area contributed by atoms with Crippen LogP contribution in [0.1, 0.15) is 20.8 Å². The molecule has 1 rings (SSSR count). The van der Waals surface area contributed by atoms with Crippen LogP contribution >= 0.6 is 11.8 Å². The number of nitrogens with zero attached hydrogens (tertiary/aromatic N) is 1. The van der Waals surface area contributed by atoms with Crippen LogP contribution in [0.3, 0.4) is 0 Å². The molecule has 1 atom stereocenters. The standard InChI is InChI=1S/C14H16F2N2OS/c1-9(2)14(3,8-17)18-13(19)7-20-12-5-4-10(15)6-11(12)16/h4-6,9H,7H2,1-3H3,(H,18,19)/t14-/m0/s1. The van der Waals surface area contributed by atoms with Gasteiger partial charge in [-0.05, 0) is 25.0 Å². The van der Waals surface area contributed by atoms with Crippen molar-refractivity contribution in [2.24, 2.45) is 5.92 Å². The molecule has 20 heavy (non-hydrogen) atoms. The fraction of sp³-hybridized carbons (Fsp3) is 0.429. The van der Waals surface area contributed by atoms with Gasteiger partial charge in [-0.1, -0.05) is 13.8 Å². The molecule has 0 radical (unpaired) electrons. The van der Waals surface area contributed by atoms with Crippen LogP contribution in [0.2, 0.25) is 0 Å². The van der Waals surface area contributed by atoms with Gasteiger partial charge in [0.05, 0.1) is 11.8 Å². The molecular weight excluding hydrogens is 282 g/mol. The highest BCUT2D eigenvalue weighted by Crippen LogP contribution is 2.23. The molecule has 0 heterocycles. The normalized spacial score (nSPS) is 13.7. The topological polar surface area (TPSA) is 52.9 Å². The van der Waals surface area contributed by atoms with E-state index in [1.54, 1.807) is 6.92 Å². The summed E-state index contributed by atoms with van der Waals surface area (Å²) in [6.07, 6.45) is 0. The molecule has 1 amide bonds. The molecule has 0 bridgehead atoms. The first-order chi connectivity index (χ1) is 9.28. The lowest BCUT2D eigenvalue weighted by atomic mass is 9.90. The summed E-state index contributed by atoms with van der Waals surface area (Å²) < 4.78 is 26.1. The van der Waals surface area contributed by atoms with Crippen LogP contribution in [0, 0.1) is 28.9 Å². The molecule has 3 nitrogen and oxygen atoms in total. The molecule has 0 aliphatic heterocycles. The van der Waals surface area contributed by atoms with E-state index in [2.05, 4.69) is 11.4 Å². The maximum Gasteiger partial charge on any atom is 0.231 e. The highest BCUT2D eigenvalue weighted by molar-refractivity contribution is 8.00. The van der Waals surface area contributed by atoms with Gasteiger partial charge in [0.25, 0.3) is 0 Å². The Hall–Kier alpha value is -1.61. The van der Waals surface area contributed by atoms with Gasteiger partial charge in [0, 0.05) is 11.0 Å². The number of benzene rings is 1. The number of halogens is 2. The van der Waals surface area contributed by atoms with E-state index in [0.29, 0.717) is 0 Å². The first kappa shape index (κ1) is 16.4. The van der Waals surface area contributed by atoms with Crippen molar-refractivity contribution in [2.45, 2.75) is 31.2 Å². The molecular formula is C14H16F2N2OS. The minimum Gasteiger partial charge on any atom is -0.337 e. The second-order valence-corrected chi connectivity index (χ2v) is 5.90. The van der Waals surface area contributed by atoms with Crippen molar-refractivity contribution in [1.29, 1.82) is 5.26 Å². The minimum absolute atomic E-state index is 0.0352. The molecule has 108 valence electrons. The molecule has 1 aromatic carbocycles. The van der Waals surface area contributed by atoms with Crippen molar-refractivity contribution >= 4 is 17.7 Å². The lowest BCUT2D eigenvalue weighted by Gasteiger charge is -2.27. The molecule has 0 aromatic heterocycles. The molecule has 0 aliphatic carbocycles. The average Bonchev–Trinajstić information content (AvgIpc) is 2.37. The van der Waals surface area contributed by atoms with E-state index in [9.17, 15) is 13.6 Å². The fourth-order valence-electron chi connectivity index (χ4n) is 1.36. The van der Waals surface area contributed by atoms with Crippen LogP contribution in [-0.4, -0.2) is 17.2 Å². The Morgan fingerprint density at radius 3 is 2.65 bits per heavy atom. The fourth-order valence-corrected chi connectivity index (χ4v) is 2.08. The molecule has 0 saturated heterocycles. The third-order valence-corrected chi connectivity index (χ3v) is 4.09. The summed E-state index contributed by atoms with van der Waals surface area (Å²) in [5.74, 6) is -1.81. The van der Waals surface area contributed by atoms with Crippen LogP contribution in [-0.2, 0) is 4.79 Å². The number of carbonyl (C=O) groups excluding carboxylic acids is 1. The highest BCUT2D eigenvalue weighted by atomic mass is 32.2. The second-order valence-electron chi connectivity index (χ2n) is 4.88. The summed E-state index contributed by atoms with van der Waals surface area (Å²) in [6, 6.07) is 5.25. The van der Waals surface area contributed by atoms with Gasteiger partial charge in [-0.3, -0.25) is 4.79 Å². The van der Waals surface area contributed by atoms with E-state index >= 15 is 0 Å². The van der Waals surface area contributed by atoms with Gasteiger partial charge >= 0.3 is 0 Å². The maximum absolute atomic E-state index is 13.4. The second kappa shape index (κ2) is 6.71. The predicted octanol–water partition coefficient (Wildman–Crippen LogP) is 3.11. The number of carbonyl (C=O) groups is 1. The zero-order chi connectivity index (χ0) is 15.3. The third-order valence-electron chi connectivity index (χ3n) is 3.04. The number of nitrogens with one attached hydrogen (secondary N) is 1. The molecule has 0 fully saturated rings. The Morgan fingerprint density at radius 2 is 2.15 bits per heavy atom. The number of nitriles is 1. The third kappa shape index (κ3) is 4.20. The van der Waals surface area contributed by atoms with Gasteiger partial charge in [0.2, 0.25) is 5.91 Å². The largest absolute Gasteiger partial charge is 0.337 e. The van der Waals surface area contributed by atoms with Crippen molar-refractivity contribution in [3.8, 4) is 6.07 Å². The summed E-state index contributed by atoms with van der Waals surface area (Å²) in [5.41, 5.74) is -0.959. The Morgan fingerprint density at radius 1 is 1.50 bits per heavy atom. The summed E-state index contributed by atoms with van der Waals surface area (Å²) in [5, 5.41) is 11.7. The zero-order valence-electron chi connectivity index (χ0n) is 11.5. The number of thioether (sulfide) groups is 1. The van der Waals surface area contributed by atoms with Gasteiger partial charge < -0.3 is 5.32 Å². The molecule has 0 aliphatic rings. The SMILES string of the molecule is CC(C)[C@](C)(C#N)NC(=O)CSc1ccc(F)cc1F. The van der Waals surface area contributed by atoms with Crippen LogP contribution in [0.25, 0.3) is 0 Å². The molecule has 0 unspecified atom stereocenters. The van der Waals surface area contributed by atoms with E-state index in [-0.39, 0.29) is 22.5 Å². The minimum atomic E-state index is -0.959. The van der Waals surface area contributed by atoms with Crippen LogP contribution < -0.4 is 5.32 Å². The Kier molecular flexibility index (Phi) is 5.52. The van der Waals surface area contributed by atoms with Crippen molar-refractivity contribution in [1.82, 2.24) is 5.32 Å². The quantitative estimate of drug-likeness (QED) is 0.850. The van der Waals surface area contributed by atoms with Crippen LogP contribution in [0.5, 0.6) is 0 Å². The predicted molar refractivity (Wildman–Crippen MR) is 74.1 cm³/mol. The smallest absolute Gasteiger partial charge is 0.231 e. The summed E-state index contributed by atoms with van der Waals surface area (Å²) in [6.45, 7) is 5.30. The Labute approximate surface area is 121 Å². The Balaban J connectivity index is 2.62. The average molecular weight is 298 g/mol. The van der Waals surface area contributed by atoms with Crippen molar-refractivity contribution in [2.75, 3.05) is 5.75 Å². The highest BCUT2D eigenvalue weighted by Gasteiger charge is 2.29. The lowest BCUT2D eigenvalue weighted by molar-refractivity contribution is -0.120. The van der Waals surface area contributed by atoms with Crippen molar-refractivity contribution in [3.63, 3.8) is 0 Å². The number of hydrogen-bond acceptors (Lipinski definition) is 3. The first-order valence-corrected chi connectivity index (χ1v) is 7.07. The first-order valence-electron chi connectivity index (χ1n) is 6.08. The van der Waals surface area contributed by atoms with Crippen molar-refractivity contribution in [3.05, 3.63) is 29.8 Å². The monoisotopic (exact) mass is 298 g/mol. The molecule has 6 heteroatoms. The Bertz CT molecular complexity index is 542. The molecule has 0 saturated carbocycles. The van der Waals surface area contributed by atoms with Crippen molar-refractivity contribution < 1.29 is 13.6 Å². The van der Waals surface area contributed by atoms with E-state index < -0.39 is 17.2 Å². The maximum atomic E-state index is 13.4. The zero-order valence-corrected chi connectivity index (χ0v) is 12.4. The van der Waals surface area contributed by atoms with Gasteiger partial charge in [0.15, 0.2) is 0 Å². The van der Waals surface area contributed by atoms with E-state index in [0.717, 1.165) is 23.9 Å². The van der Waals surface area contributed by atoms with Gasteiger partial charge in [-0.15, -0.1) is 11.8 Å². The number of hydrogen-bond donors (Lipinski definition) is 1. The number of rotatable bonds is 5.